The van der Waals surface area contributed by atoms with E-state index in [2.05, 4.69) is 0 Å². The largest absolute Gasteiger partial charge is 0.115 e. The van der Waals surface area contributed by atoms with Crippen LogP contribution in [0.1, 0.15) is 0 Å². The fourth-order valence-electron chi connectivity index (χ4n) is 0.330. The lowest BCUT2D eigenvalue weighted by atomic mass is 10.2. The predicted octanol–water partition coefficient (Wildman–Crippen LogP) is 4.01. The Kier molecular flexibility index (Phi) is 6.34. The van der Waals surface area contributed by atoms with Gasteiger partial charge in [0.1, 0.15) is 14.5 Å². The summed E-state index contributed by atoms with van der Waals surface area (Å²) in [5.74, 6) is -0.519. The van der Waals surface area contributed by atoms with Gasteiger partial charge in [-0.05, 0) is 0 Å². The molecule has 62 valence electrons. The second-order valence-electron chi connectivity index (χ2n) is 1.58. The Balaban J connectivity index is 3.98. The molecule has 0 amide bonds. The van der Waals surface area contributed by atoms with E-state index in [4.69, 9.17) is 69.6 Å². The molecule has 0 fully saturated rings. The van der Waals surface area contributed by atoms with Gasteiger partial charge in [0.25, 0.3) is 0 Å². The zero-order valence-corrected chi connectivity index (χ0v) is 9.11. The first-order valence-corrected chi connectivity index (χ1v) is 4.93. The van der Waals surface area contributed by atoms with Crippen molar-refractivity contribution in [2.75, 3.05) is 0 Å². The minimum absolute atomic E-state index is 0.519. The average molecular weight is 265 g/mol. The Labute approximate surface area is 89.7 Å². The van der Waals surface area contributed by atoms with Gasteiger partial charge in [0.15, 0.2) is 0 Å². The summed E-state index contributed by atoms with van der Waals surface area (Å²) < 4.78 is 0. The third kappa shape index (κ3) is 3.94. The van der Waals surface area contributed by atoms with Crippen molar-refractivity contribution in [2.45, 2.75) is 14.5 Å². The standard InChI is InChI=1S/C4H4Cl6/c5-2(6)1(3(7)8)4(9)10/h1-4H. The van der Waals surface area contributed by atoms with Gasteiger partial charge in [0, 0.05) is 5.92 Å². The smallest absolute Gasteiger partial charge is 0.105 e. The molecule has 0 saturated heterocycles. The van der Waals surface area contributed by atoms with E-state index in [1.54, 1.807) is 0 Å². The third-order valence-electron chi connectivity index (χ3n) is 0.873. The van der Waals surface area contributed by atoms with Crippen LogP contribution in [0.25, 0.3) is 0 Å². The molecule has 0 aliphatic carbocycles. The van der Waals surface area contributed by atoms with E-state index in [1.165, 1.54) is 0 Å². The van der Waals surface area contributed by atoms with E-state index in [-0.39, 0.29) is 0 Å². The van der Waals surface area contributed by atoms with Crippen LogP contribution in [0.15, 0.2) is 0 Å². The predicted molar refractivity (Wildman–Crippen MR) is 50.0 cm³/mol. The Morgan fingerprint density at radius 3 is 0.700 bits per heavy atom. The highest BCUT2D eigenvalue weighted by Crippen LogP contribution is 2.32. The monoisotopic (exact) mass is 262 g/mol. The van der Waals surface area contributed by atoms with Crippen LogP contribution in [0.3, 0.4) is 0 Å². The van der Waals surface area contributed by atoms with Crippen molar-refractivity contribution in [1.29, 1.82) is 0 Å². The van der Waals surface area contributed by atoms with Crippen LogP contribution < -0.4 is 0 Å². The molecule has 0 atom stereocenters. The maximum atomic E-state index is 5.46. The second-order valence-corrected chi connectivity index (χ2v) is 5.07. The molecule has 0 unspecified atom stereocenters. The van der Waals surface area contributed by atoms with Gasteiger partial charge in [-0.25, -0.2) is 0 Å². The Bertz CT molecular complexity index is 70.7. The molecule has 0 saturated carbocycles. The SMILES string of the molecule is ClC(Cl)C(C(Cl)Cl)C(Cl)Cl. The molecule has 0 rings (SSSR count). The van der Waals surface area contributed by atoms with Crippen LogP contribution in [0.5, 0.6) is 0 Å². The second kappa shape index (κ2) is 5.40. The quantitative estimate of drug-likeness (QED) is 0.676. The molecule has 0 N–H and O–H groups in total. The van der Waals surface area contributed by atoms with Crippen LogP contribution in [-0.2, 0) is 0 Å². The van der Waals surface area contributed by atoms with Gasteiger partial charge in [-0.2, -0.15) is 0 Å². The Hall–Kier alpha value is 1.74. The van der Waals surface area contributed by atoms with Crippen molar-refractivity contribution in [3.63, 3.8) is 0 Å². The van der Waals surface area contributed by atoms with Crippen LogP contribution >= 0.6 is 69.6 Å². The van der Waals surface area contributed by atoms with Gasteiger partial charge in [-0.3, -0.25) is 0 Å². The topological polar surface area (TPSA) is 0 Å². The first-order chi connectivity index (χ1) is 4.46. The summed E-state index contributed by atoms with van der Waals surface area (Å²) in [7, 11) is 0. The van der Waals surface area contributed by atoms with E-state index < -0.39 is 20.4 Å². The molecule has 0 aromatic heterocycles. The highest BCUT2D eigenvalue weighted by molar-refractivity contribution is 6.52. The molecule has 0 nitrogen and oxygen atoms in total. The number of halogens is 6. The molecular weight excluding hydrogens is 261 g/mol. The van der Waals surface area contributed by atoms with Gasteiger partial charge in [0.2, 0.25) is 0 Å². The van der Waals surface area contributed by atoms with Gasteiger partial charge >= 0.3 is 0 Å². The fraction of sp³-hybridized carbons (Fsp3) is 1.00. The highest BCUT2D eigenvalue weighted by Gasteiger charge is 2.29. The van der Waals surface area contributed by atoms with Crippen LogP contribution in [0.4, 0.5) is 0 Å². The van der Waals surface area contributed by atoms with E-state index in [0.717, 1.165) is 0 Å². The molecule has 0 spiro atoms. The number of rotatable bonds is 3. The van der Waals surface area contributed by atoms with E-state index in [1.807, 2.05) is 0 Å². The third-order valence-corrected chi connectivity index (χ3v) is 2.62. The average Bonchev–Trinajstić information content (AvgIpc) is 1.59. The van der Waals surface area contributed by atoms with Crippen molar-refractivity contribution < 1.29 is 0 Å². The number of alkyl halides is 6. The molecule has 0 aromatic carbocycles. The molecule has 0 aromatic rings. The summed E-state index contributed by atoms with van der Waals surface area (Å²) in [6.45, 7) is 0. The Morgan fingerprint density at radius 2 is 0.700 bits per heavy atom. The normalized spacial score (nSPS) is 12.6. The lowest BCUT2D eigenvalue weighted by Gasteiger charge is -2.19. The molecule has 0 heterocycles. The summed E-state index contributed by atoms with van der Waals surface area (Å²) in [6, 6.07) is 0. The van der Waals surface area contributed by atoms with Crippen LogP contribution in [0.2, 0.25) is 0 Å². The van der Waals surface area contributed by atoms with Crippen molar-refractivity contribution in [2.24, 2.45) is 5.92 Å². The maximum absolute atomic E-state index is 5.46. The van der Waals surface area contributed by atoms with Crippen molar-refractivity contribution in [3.8, 4) is 0 Å². The molecule has 0 aliphatic rings. The van der Waals surface area contributed by atoms with Crippen molar-refractivity contribution >= 4 is 69.6 Å². The lowest BCUT2D eigenvalue weighted by molar-refractivity contribution is 0.658. The van der Waals surface area contributed by atoms with Gasteiger partial charge in [-0.15, -0.1) is 69.6 Å². The van der Waals surface area contributed by atoms with Crippen molar-refractivity contribution in [1.82, 2.24) is 0 Å². The van der Waals surface area contributed by atoms with Gasteiger partial charge < -0.3 is 0 Å². The fourth-order valence-corrected chi connectivity index (χ4v) is 2.97. The number of hydrogen-bond donors (Lipinski definition) is 0. The summed E-state index contributed by atoms with van der Waals surface area (Å²) in [4.78, 5) is -2.25. The van der Waals surface area contributed by atoms with E-state index >= 15 is 0 Å². The molecule has 0 aliphatic heterocycles. The first kappa shape index (κ1) is 11.7. The van der Waals surface area contributed by atoms with E-state index in [9.17, 15) is 0 Å². The number of hydrogen-bond acceptors (Lipinski definition) is 0. The van der Waals surface area contributed by atoms with Crippen molar-refractivity contribution in [3.05, 3.63) is 0 Å². The molecule has 6 heteroatoms. The lowest BCUT2D eigenvalue weighted by Crippen LogP contribution is -2.23. The van der Waals surface area contributed by atoms with Crippen LogP contribution in [-0.4, -0.2) is 14.5 Å². The maximum Gasteiger partial charge on any atom is 0.115 e. The molecule has 0 bridgehead atoms. The zero-order chi connectivity index (χ0) is 8.31. The molecular formula is C4H4Cl6. The molecule has 0 radical (unpaired) electrons. The summed E-state index contributed by atoms with van der Waals surface area (Å²) >= 11 is 32.8. The van der Waals surface area contributed by atoms with Crippen LogP contribution in [0, 0.1) is 5.92 Å². The minimum Gasteiger partial charge on any atom is -0.105 e. The van der Waals surface area contributed by atoms with Gasteiger partial charge in [-0.1, -0.05) is 0 Å². The Morgan fingerprint density at radius 1 is 0.500 bits per heavy atom. The zero-order valence-electron chi connectivity index (χ0n) is 4.58. The van der Waals surface area contributed by atoms with Gasteiger partial charge in [0.05, 0.1) is 0 Å². The summed E-state index contributed by atoms with van der Waals surface area (Å²) in [6.07, 6.45) is 0. The summed E-state index contributed by atoms with van der Waals surface area (Å²) in [5, 5.41) is 0. The minimum atomic E-state index is -0.750. The highest BCUT2D eigenvalue weighted by atomic mass is 35.5. The first-order valence-electron chi connectivity index (χ1n) is 2.31. The summed E-state index contributed by atoms with van der Waals surface area (Å²) in [5.41, 5.74) is 0. The molecule has 10 heavy (non-hydrogen) atoms. The van der Waals surface area contributed by atoms with E-state index in [0.29, 0.717) is 0 Å².